The van der Waals surface area contributed by atoms with E-state index in [1.165, 1.54) is 22.0 Å². The Kier molecular flexibility index (Phi) is 7.36. The Morgan fingerprint density at radius 1 is 1.09 bits per heavy atom. The van der Waals surface area contributed by atoms with Crippen molar-refractivity contribution in [3.63, 3.8) is 0 Å². The van der Waals surface area contributed by atoms with Gasteiger partial charge < -0.3 is 20.1 Å². The van der Waals surface area contributed by atoms with Crippen molar-refractivity contribution in [2.45, 2.75) is 52.7 Å². The predicted molar refractivity (Wildman–Crippen MR) is 136 cm³/mol. The zero-order valence-electron chi connectivity index (χ0n) is 19.9. The van der Waals surface area contributed by atoms with Crippen molar-refractivity contribution < 1.29 is 4.79 Å². The van der Waals surface area contributed by atoms with Gasteiger partial charge in [-0.05, 0) is 68.5 Å². The first-order valence-electron chi connectivity index (χ1n) is 11.9. The summed E-state index contributed by atoms with van der Waals surface area (Å²) in [7, 11) is 0. The number of carbonyl (C=O) groups is 1. The zero-order chi connectivity index (χ0) is 23.2. The van der Waals surface area contributed by atoms with Crippen LogP contribution in [-0.4, -0.2) is 41.1 Å². The molecule has 172 valence electrons. The fourth-order valence-electron chi connectivity index (χ4n) is 4.49. The summed E-state index contributed by atoms with van der Waals surface area (Å²) in [6, 6.07) is 17.7. The van der Waals surface area contributed by atoms with E-state index in [-0.39, 0.29) is 5.91 Å². The Bertz CT molecular complexity index is 1160. The minimum atomic E-state index is 0.184. The zero-order valence-corrected chi connectivity index (χ0v) is 19.9. The van der Waals surface area contributed by atoms with Gasteiger partial charge in [0.1, 0.15) is 0 Å². The number of rotatable bonds is 6. The Balaban J connectivity index is 1.38. The maximum absolute atomic E-state index is 11.5. The van der Waals surface area contributed by atoms with E-state index < -0.39 is 0 Å². The second-order valence-electron chi connectivity index (χ2n) is 8.85. The first kappa shape index (κ1) is 22.9. The van der Waals surface area contributed by atoms with Gasteiger partial charge in [-0.15, -0.1) is 0 Å². The molecule has 0 bridgehead atoms. The number of anilines is 1. The molecule has 0 saturated carbocycles. The molecular weight excluding hydrogens is 408 g/mol. The highest BCUT2D eigenvalue weighted by Crippen LogP contribution is 2.22. The van der Waals surface area contributed by atoms with E-state index in [9.17, 15) is 4.79 Å². The first-order valence-corrected chi connectivity index (χ1v) is 11.9. The molecule has 5 heteroatoms. The number of aromatic nitrogens is 1. The summed E-state index contributed by atoms with van der Waals surface area (Å²) in [5.74, 6) is 6.81. The SMILES string of the molecule is CCn1c(C#CCNc2ccc(C)cc2)cc2cc(CNC3CCN(C(C)=O)CC3)ccc21. The van der Waals surface area contributed by atoms with Crippen LogP contribution in [-0.2, 0) is 17.9 Å². The topological polar surface area (TPSA) is 49.3 Å². The van der Waals surface area contributed by atoms with Gasteiger partial charge in [0.15, 0.2) is 0 Å². The lowest BCUT2D eigenvalue weighted by Crippen LogP contribution is -2.43. The van der Waals surface area contributed by atoms with E-state index in [4.69, 9.17) is 0 Å². The highest BCUT2D eigenvalue weighted by Gasteiger charge is 2.20. The molecule has 2 N–H and O–H groups in total. The fourth-order valence-corrected chi connectivity index (χ4v) is 4.49. The van der Waals surface area contributed by atoms with Gasteiger partial charge in [-0.2, -0.15) is 0 Å². The largest absolute Gasteiger partial charge is 0.374 e. The number of nitrogens with one attached hydrogen (secondary N) is 2. The summed E-state index contributed by atoms with van der Waals surface area (Å²) < 4.78 is 2.28. The smallest absolute Gasteiger partial charge is 0.219 e. The van der Waals surface area contributed by atoms with E-state index in [0.29, 0.717) is 12.6 Å². The molecule has 0 unspecified atom stereocenters. The third-order valence-electron chi connectivity index (χ3n) is 6.47. The number of amides is 1. The molecule has 0 spiro atoms. The third kappa shape index (κ3) is 5.77. The van der Waals surface area contributed by atoms with Crippen LogP contribution >= 0.6 is 0 Å². The molecule has 33 heavy (non-hydrogen) atoms. The van der Waals surface area contributed by atoms with Gasteiger partial charge in [-0.3, -0.25) is 4.79 Å². The molecule has 1 saturated heterocycles. The summed E-state index contributed by atoms with van der Waals surface area (Å²) in [5, 5.41) is 8.28. The number of piperidine rings is 1. The first-order chi connectivity index (χ1) is 16.0. The van der Waals surface area contributed by atoms with Gasteiger partial charge in [0.2, 0.25) is 5.91 Å². The number of hydrogen-bond donors (Lipinski definition) is 2. The van der Waals surface area contributed by atoms with Crippen molar-refractivity contribution in [3.05, 3.63) is 65.4 Å². The van der Waals surface area contributed by atoms with Crippen LogP contribution in [0.2, 0.25) is 0 Å². The monoisotopic (exact) mass is 442 g/mol. The van der Waals surface area contributed by atoms with Gasteiger partial charge in [0.05, 0.1) is 12.2 Å². The molecule has 4 rings (SSSR count). The van der Waals surface area contributed by atoms with Crippen LogP contribution in [0.3, 0.4) is 0 Å². The summed E-state index contributed by atoms with van der Waals surface area (Å²) in [6.45, 7) is 9.98. The second kappa shape index (κ2) is 10.6. The minimum absolute atomic E-state index is 0.184. The summed E-state index contributed by atoms with van der Waals surface area (Å²) in [6.07, 6.45) is 2.04. The molecule has 1 aromatic heterocycles. The van der Waals surface area contributed by atoms with E-state index in [1.807, 2.05) is 4.90 Å². The van der Waals surface area contributed by atoms with E-state index in [1.54, 1.807) is 6.92 Å². The predicted octanol–water partition coefficient (Wildman–Crippen LogP) is 4.53. The van der Waals surface area contributed by atoms with E-state index in [0.717, 1.165) is 50.4 Å². The Morgan fingerprint density at radius 2 is 1.85 bits per heavy atom. The van der Waals surface area contributed by atoms with Crippen molar-refractivity contribution in [3.8, 4) is 11.8 Å². The standard InChI is InChI=1S/C28H34N4O/c1-4-32-27(6-5-15-29-25-10-7-21(2)8-11-25)19-24-18-23(9-12-28(24)32)20-30-26-13-16-31(17-14-26)22(3)33/h7-12,18-19,26,29-30H,4,13-17,20H2,1-3H3. The lowest BCUT2D eigenvalue weighted by Gasteiger charge is -2.31. The highest BCUT2D eigenvalue weighted by molar-refractivity contribution is 5.83. The Labute approximate surface area is 197 Å². The van der Waals surface area contributed by atoms with Gasteiger partial charge in [-0.1, -0.05) is 29.7 Å². The molecule has 3 aromatic rings. The molecule has 5 nitrogen and oxygen atoms in total. The van der Waals surface area contributed by atoms with Gasteiger partial charge >= 0.3 is 0 Å². The molecule has 0 atom stereocenters. The lowest BCUT2D eigenvalue weighted by molar-refractivity contribution is -0.129. The third-order valence-corrected chi connectivity index (χ3v) is 6.47. The molecule has 1 fully saturated rings. The quantitative estimate of drug-likeness (QED) is 0.552. The maximum atomic E-state index is 11.5. The molecule has 1 aliphatic rings. The average Bonchev–Trinajstić information content (AvgIpc) is 3.18. The second-order valence-corrected chi connectivity index (χ2v) is 8.85. The van der Waals surface area contributed by atoms with Crippen LogP contribution in [0.25, 0.3) is 10.9 Å². The van der Waals surface area contributed by atoms with Crippen molar-refractivity contribution >= 4 is 22.5 Å². The van der Waals surface area contributed by atoms with Gasteiger partial charge in [0.25, 0.3) is 0 Å². The van der Waals surface area contributed by atoms with Crippen molar-refractivity contribution in [2.24, 2.45) is 0 Å². The molecule has 1 aliphatic heterocycles. The average molecular weight is 443 g/mol. The molecule has 0 radical (unpaired) electrons. The van der Waals surface area contributed by atoms with Crippen molar-refractivity contribution in [1.29, 1.82) is 0 Å². The van der Waals surface area contributed by atoms with E-state index >= 15 is 0 Å². The maximum Gasteiger partial charge on any atom is 0.219 e. The summed E-state index contributed by atoms with van der Waals surface area (Å²) >= 11 is 0. The number of benzene rings is 2. The minimum Gasteiger partial charge on any atom is -0.374 e. The van der Waals surface area contributed by atoms with Gasteiger partial charge in [0, 0.05) is 55.7 Å². The summed E-state index contributed by atoms with van der Waals surface area (Å²) in [4.78, 5) is 13.5. The number of nitrogens with zero attached hydrogens (tertiary/aromatic N) is 2. The van der Waals surface area contributed by atoms with Crippen LogP contribution in [0.5, 0.6) is 0 Å². The van der Waals surface area contributed by atoms with Gasteiger partial charge in [-0.25, -0.2) is 0 Å². The summed E-state index contributed by atoms with van der Waals surface area (Å²) in [5.41, 5.74) is 5.92. The van der Waals surface area contributed by atoms with Crippen LogP contribution in [0, 0.1) is 18.8 Å². The number of likely N-dealkylation sites (tertiary alicyclic amines) is 1. The normalized spacial score (nSPS) is 14.2. The number of carbonyl (C=O) groups excluding carboxylic acids is 1. The van der Waals surface area contributed by atoms with E-state index in [2.05, 4.69) is 89.4 Å². The fraction of sp³-hybridized carbons (Fsp3) is 0.393. The molecule has 2 heterocycles. The molecule has 0 aliphatic carbocycles. The molecule has 2 aromatic carbocycles. The molecule has 1 amide bonds. The number of hydrogen-bond acceptors (Lipinski definition) is 3. The van der Waals surface area contributed by atoms with Crippen molar-refractivity contribution in [1.82, 2.24) is 14.8 Å². The number of aryl methyl sites for hydroxylation is 2. The number of fused-ring (bicyclic) bond motifs is 1. The van der Waals surface area contributed by atoms with Crippen molar-refractivity contribution in [2.75, 3.05) is 25.0 Å². The van der Waals surface area contributed by atoms with Crippen LogP contribution in [0.1, 0.15) is 43.5 Å². The van der Waals surface area contributed by atoms with Crippen LogP contribution < -0.4 is 10.6 Å². The highest BCUT2D eigenvalue weighted by atomic mass is 16.2. The molecular formula is C28H34N4O. The Morgan fingerprint density at radius 3 is 2.55 bits per heavy atom. The van der Waals surface area contributed by atoms with Crippen LogP contribution in [0.15, 0.2) is 48.5 Å². The van der Waals surface area contributed by atoms with Crippen LogP contribution in [0.4, 0.5) is 5.69 Å². The lowest BCUT2D eigenvalue weighted by atomic mass is 10.0. The Hall–Kier alpha value is -3.23.